The Hall–Kier alpha value is -3.55. The maximum absolute atomic E-state index is 13.0. The van der Waals surface area contributed by atoms with Crippen molar-refractivity contribution in [2.75, 3.05) is 0 Å². The second-order valence-corrected chi connectivity index (χ2v) is 11.0. The zero-order chi connectivity index (χ0) is 34.1. The quantitative estimate of drug-likeness (QED) is 0.176. The molecule has 4 rings (SSSR count). The Kier molecular flexibility index (Phi) is 16.7. The highest BCUT2D eigenvalue weighted by Crippen LogP contribution is 2.40. The second-order valence-electron chi connectivity index (χ2n) is 11.0. The fourth-order valence-electron chi connectivity index (χ4n) is 4.76. The van der Waals surface area contributed by atoms with Crippen LogP contribution < -0.4 is 0 Å². The molecule has 1 aromatic heterocycles. The van der Waals surface area contributed by atoms with Crippen LogP contribution in [0, 0.1) is 6.92 Å². The topological polar surface area (TPSA) is 17.8 Å². The smallest absolute Gasteiger partial charge is 0.273 e. The van der Waals surface area contributed by atoms with Crippen molar-refractivity contribution in [3.63, 3.8) is 0 Å². The number of benzene rings is 3. The Balaban J connectivity index is 0.000000487. The van der Waals surface area contributed by atoms with Crippen LogP contribution in [0.2, 0.25) is 0 Å². The van der Waals surface area contributed by atoms with Gasteiger partial charge in [0.25, 0.3) is 0 Å². The first kappa shape index (κ1) is 39.5. The van der Waals surface area contributed by atoms with E-state index in [1.807, 2.05) is 54.2 Å². The van der Waals surface area contributed by atoms with Gasteiger partial charge in [-0.25, -0.2) is 0 Å². The van der Waals surface area contributed by atoms with Crippen LogP contribution in [-0.2, 0) is 31.2 Å². The third kappa shape index (κ3) is 15.3. The number of aromatic nitrogens is 2. The van der Waals surface area contributed by atoms with E-state index in [-0.39, 0.29) is 12.3 Å². The molecular formula is C37H48F6N2. The molecule has 1 atom stereocenters. The Bertz CT molecular complexity index is 1330. The van der Waals surface area contributed by atoms with Crippen LogP contribution in [0.25, 0.3) is 0 Å². The summed E-state index contributed by atoms with van der Waals surface area (Å²) in [4.78, 5) is 0. The number of aryl methyl sites for hydroxylation is 3. The standard InChI is InChI=1S/C25H25F3.C7H12N2.C3H8.C2H3F3/c1-3-24(17-20-10-5-4-6-11-20,22-13-7-9-19(2)15-22)23-14-8-12-21(16-23)18-25(26,27)28;1-3-7-5-8-9(4-2)6-7;1-3-2;1-2(3,4)5/h4-16H,3,17-18H2,1-2H3;5-6H,3-4H2,1-2H3;3H2,1-2H3;1H3. The molecule has 45 heavy (non-hydrogen) atoms. The summed E-state index contributed by atoms with van der Waals surface area (Å²) in [6, 6.07) is 25.5. The van der Waals surface area contributed by atoms with Gasteiger partial charge in [0.15, 0.2) is 0 Å². The summed E-state index contributed by atoms with van der Waals surface area (Å²) in [5.41, 5.74) is 5.64. The molecule has 0 bridgehead atoms. The first-order valence-corrected chi connectivity index (χ1v) is 15.5. The molecule has 0 fully saturated rings. The third-order valence-corrected chi connectivity index (χ3v) is 6.83. The Morgan fingerprint density at radius 1 is 0.667 bits per heavy atom. The Morgan fingerprint density at radius 2 is 1.20 bits per heavy atom. The minimum absolute atomic E-state index is 0.188. The molecule has 2 nitrogen and oxygen atoms in total. The summed E-state index contributed by atoms with van der Waals surface area (Å²) >= 11 is 0. The van der Waals surface area contributed by atoms with E-state index in [9.17, 15) is 26.3 Å². The average molecular weight is 635 g/mol. The molecule has 0 aliphatic carbocycles. The largest absolute Gasteiger partial charge is 0.393 e. The lowest BCUT2D eigenvalue weighted by atomic mass is 9.68. The highest BCUT2D eigenvalue weighted by molar-refractivity contribution is 5.44. The van der Waals surface area contributed by atoms with E-state index in [0.29, 0.717) is 5.56 Å². The third-order valence-electron chi connectivity index (χ3n) is 6.83. The molecule has 0 aliphatic heterocycles. The number of hydrogen-bond donors (Lipinski definition) is 0. The maximum Gasteiger partial charge on any atom is 0.393 e. The predicted molar refractivity (Wildman–Crippen MR) is 174 cm³/mol. The zero-order valence-corrected chi connectivity index (χ0v) is 27.6. The minimum Gasteiger partial charge on any atom is -0.273 e. The maximum atomic E-state index is 13.0. The van der Waals surface area contributed by atoms with Crippen molar-refractivity contribution >= 4 is 0 Å². The monoisotopic (exact) mass is 634 g/mol. The first-order valence-electron chi connectivity index (χ1n) is 15.5. The molecule has 0 radical (unpaired) electrons. The van der Waals surface area contributed by atoms with E-state index in [2.05, 4.69) is 70.2 Å². The molecule has 1 heterocycles. The molecule has 8 heteroatoms. The van der Waals surface area contributed by atoms with E-state index < -0.39 is 18.8 Å². The van der Waals surface area contributed by atoms with Crippen LogP contribution in [0.5, 0.6) is 0 Å². The van der Waals surface area contributed by atoms with Crippen LogP contribution in [0.4, 0.5) is 26.3 Å². The van der Waals surface area contributed by atoms with Crippen LogP contribution >= 0.6 is 0 Å². The lowest BCUT2D eigenvalue weighted by molar-refractivity contribution is -0.127. The number of halogens is 6. The highest BCUT2D eigenvalue weighted by atomic mass is 19.4. The molecule has 0 amide bonds. The fourth-order valence-corrected chi connectivity index (χ4v) is 4.76. The summed E-state index contributed by atoms with van der Waals surface area (Å²) in [5, 5.41) is 4.12. The summed E-state index contributed by atoms with van der Waals surface area (Å²) in [5.74, 6) is 0. The van der Waals surface area contributed by atoms with Gasteiger partial charge < -0.3 is 0 Å². The summed E-state index contributed by atoms with van der Waals surface area (Å²) in [6.07, 6.45) is -1.25. The van der Waals surface area contributed by atoms with Gasteiger partial charge in [0.2, 0.25) is 0 Å². The van der Waals surface area contributed by atoms with Crippen molar-refractivity contribution < 1.29 is 26.3 Å². The number of alkyl halides is 6. The Labute approximate surface area is 265 Å². The lowest BCUT2D eigenvalue weighted by Crippen LogP contribution is -2.30. The van der Waals surface area contributed by atoms with E-state index in [1.165, 1.54) is 17.5 Å². The molecule has 0 N–H and O–H groups in total. The number of rotatable bonds is 8. The first-order chi connectivity index (χ1) is 21.1. The molecule has 1 unspecified atom stereocenters. The van der Waals surface area contributed by atoms with Gasteiger partial charge in [-0.1, -0.05) is 119 Å². The van der Waals surface area contributed by atoms with Crippen molar-refractivity contribution in [2.24, 2.45) is 0 Å². The molecule has 4 aromatic rings. The predicted octanol–water partition coefficient (Wildman–Crippen LogP) is 11.5. The second kappa shape index (κ2) is 19.1. The summed E-state index contributed by atoms with van der Waals surface area (Å²) in [6.45, 7) is 13.8. The van der Waals surface area contributed by atoms with Crippen molar-refractivity contribution in [3.05, 3.63) is 125 Å². The molecular weight excluding hydrogens is 586 g/mol. The average Bonchev–Trinajstić information content (AvgIpc) is 3.44. The highest BCUT2D eigenvalue weighted by Gasteiger charge is 2.34. The van der Waals surface area contributed by atoms with Crippen molar-refractivity contribution in [2.45, 2.75) is 105 Å². The molecule has 0 aliphatic rings. The van der Waals surface area contributed by atoms with Crippen LogP contribution in [0.3, 0.4) is 0 Å². The van der Waals surface area contributed by atoms with Gasteiger partial charge >= 0.3 is 12.4 Å². The van der Waals surface area contributed by atoms with Crippen molar-refractivity contribution in [1.29, 1.82) is 0 Å². The van der Waals surface area contributed by atoms with Gasteiger partial charge in [0.1, 0.15) is 0 Å². The molecule has 0 saturated carbocycles. The van der Waals surface area contributed by atoms with Crippen LogP contribution in [-0.4, -0.2) is 22.1 Å². The minimum atomic E-state index is -4.21. The van der Waals surface area contributed by atoms with Crippen molar-refractivity contribution in [1.82, 2.24) is 9.78 Å². The van der Waals surface area contributed by atoms with E-state index in [1.54, 1.807) is 18.2 Å². The fraction of sp³-hybridized carbons (Fsp3) is 0.432. The number of hydrogen-bond acceptors (Lipinski definition) is 1. The zero-order valence-electron chi connectivity index (χ0n) is 27.6. The molecule has 3 aromatic carbocycles. The van der Waals surface area contributed by atoms with Gasteiger partial charge in [-0.3, -0.25) is 4.68 Å². The molecule has 0 saturated heterocycles. The summed E-state index contributed by atoms with van der Waals surface area (Å²) < 4.78 is 71.9. The SMILES string of the molecule is CC(F)(F)F.CCC.CCC(Cc1ccccc1)(c1cccc(C)c1)c1cccc(CC(F)(F)F)c1.CCc1cnn(CC)c1. The summed E-state index contributed by atoms with van der Waals surface area (Å²) in [7, 11) is 0. The van der Waals surface area contributed by atoms with Gasteiger partial charge in [0, 0.05) is 25.1 Å². The van der Waals surface area contributed by atoms with E-state index in [0.717, 1.165) is 42.5 Å². The van der Waals surface area contributed by atoms with Gasteiger partial charge in [-0.2, -0.15) is 31.4 Å². The Morgan fingerprint density at radius 3 is 1.64 bits per heavy atom. The lowest BCUT2D eigenvalue weighted by Gasteiger charge is -2.35. The van der Waals surface area contributed by atoms with Crippen molar-refractivity contribution in [3.8, 4) is 0 Å². The van der Waals surface area contributed by atoms with Gasteiger partial charge in [-0.05, 0) is 60.9 Å². The number of nitrogens with zero attached hydrogens (tertiary/aromatic N) is 2. The van der Waals surface area contributed by atoms with Crippen LogP contribution in [0.15, 0.2) is 91.3 Å². The van der Waals surface area contributed by atoms with E-state index >= 15 is 0 Å². The normalized spacial score (nSPS) is 12.4. The van der Waals surface area contributed by atoms with Gasteiger partial charge in [-0.15, -0.1) is 0 Å². The molecule has 248 valence electrons. The van der Waals surface area contributed by atoms with E-state index in [4.69, 9.17) is 0 Å². The molecule has 0 spiro atoms. The van der Waals surface area contributed by atoms with Crippen LogP contribution in [0.1, 0.15) is 87.8 Å². The van der Waals surface area contributed by atoms with Gasteiger partial charge in [0.05, 0.1) is 12.6 Å².